The Morgan fingerprint density at radius 3 is 2.73 bits per heavy atom. The minimum Gasteiger partial charge on any atom is -0.581 e. The van der Waals surface area contributed by atoms with Gasteiger partial charge in [0.1, 0.15) is 22.2 Å². The van der Waals surface area contributed by atoms with Crippen LogP contribution in [0.3, 0.4) is 0 Å². The first kappa shape index (κ1) is 13.4. The summed E-state index contributed by atoms with van der Waals surface area (Å²) in [5, 5.41) is 26.1. The van der Waals surface area contributed by atoms with Gasteiger partial charge >= 0.3 is 0 Å². The fourth-order valence-electron chi connectivity index (χ4n) is 2.93. The third kappa shape index (κ3) is 1.85. The van der Waals surface area contributed by atoms with Crippen molar-refractivity contribution in [3.63, 3.8) is 0 Å². The Bertz CT molecular complexity index is 762. The number of aliphatic hydroxyl groups is 1. The number of hydrogen-bond donors (Lipinski definition) is 2. The van der Waals surface area contributed by atoms with Gasteiger partial charge in [-0.2, -0.15) is 10.3 Å². The summed E-state index contributed by atoms with van der Waals surface area (Å²) >= 11 is 5.78. The molecule has 0 spiro atoms. The highest BCUT2D eigenvalue weighted by atomic mass is 35.5. The highest BCUT2D eigenvalue weighted by molar-refractivity contribution is 6.29. The fourth-order valence-corrected chi connectivity index (χ4v) is 3.05. The van der Waals surface area contributed by atoms with Crippen molar-refractivity contribution in [2.24, 2.45) is 0 Å². The van der Waals surface area contributed by atoms with Crippen molar-refractivity contribution in [2.45, 2.75) is 12.8 Å². The lowest BCUT2D eigenvalue weighted by Crippen LogP contribution is -3.19. The smallest absolute Gasteiger partial charge is 0.267 e. The van der Waals surface area contributed by atoms with Crippen molar-refractivity contribution < 1.29 is 10.4 Å². The second kappa shape index (κ2) is 4.88. The van der Waals surface area contributed by atoms with E-state index in [0.717, 1.165) is 17.7 Å². The lowest BCUT2D eigenvalue weighted by molar-refractivity contribution is -0.854. The van der Waals surface area contributed by atoms with E-state index in [4.69, 9.17) is 11.6 Å². The number of halogens is 1. The van der Waals surface area contributed by atoms with E-state index in [0.29, 0.717) is 23.0 Å². The number of benzene rings is 1. The number of rotatable bonds is 1. The molecule has 3 heterocycles. The van der Waals surface area contributed by atoms with E-state index in [9.17, 15) is 10.3 Å². The lowest BCUT2D eigenvalue weighted by Gasteiger charge is -2.36. The molecule has 2 N–H and O–H groups in total. The average Bonchev–Trinajstić information content (AvgIpc) is 2.80. The van der Waals surface area contributed by atoms with Crippen LogP contribution in [0.5, 0.6) is 0 Å². The second-order valence-corrected chi connectivity index (χ2v) is 5.58. The van der Waals surface area contributed by atoms with Crippen LogP contribution in [0.15, 0.2) is 54.2 Å². The molecule has 7 heteroatoms. The van der Waals surface area contributed by atoms with Crippen LogP contribution in [0, 0.1) is 5.21 Å². The summed E-state index contributed by atoms with van der Waals surface area (Å²) < 4.78 is 0. The molecule has 6 nitrogen and oxygen atoms in total. The van der Waals surface area contributed by atoms with Gasteiger partial charge in [0.25, 0.3) is 5.88 Å². The van der Waals surface area contributed by atoms with Gasteiger partial charge < -0.3 is 10.3 Å². The number of nitrogens with zero attached hydrogens (tertiary/aromatic N) is 3. The summed E-state index contributed by atoms with van der Waals surface area (Å²) in [5.74, 6) is -0.0383. The molecule has 112 valence electrons. The standard InChI is InChI=1S/C15H13ClN4O2/c16-14-8-6-11(9-17-14)18-15(21)13-7-5-10-3-1-2-4-12(10)19(13)20(18)22/h1-4,6,8-9,20-21H,5,7H2. The molecule has 1 aromatic carbocycles. The maximum atomic E-state index is 12.8. The zero-order valence-electron chi connectivity index (χ0n) is 11.5. The Morgan fingerprint density at radius 2 is 1.95 bits per heavy atom. The quantitative estimate of drug-likeness (QED) is 0.622. The van der Waals surface area contributed by atoms with Crippen LogP contribution in [-0.2, 0) is 6.42 Å². The Labute approximate surface area is 132 Å². The molecule has 0 saturated heterocycles. The third-order valence-electron chi connectivity index (χ3n) is 3.96. The van der Waals surface area contributed by atoms with Crippen molar-refractivity contribution in [1.82, 2.24) is 4.98 Å². The van der Waals surface area contributed by atoms with E-state index in [1.54, 1.807) is 17.1 Å². The molecular formula is C15H13ClN4O2. The number of anilines is 2. The molecule has 22 heavy (non-hydrogen) atoms. The SMILES string of the molecule is [O-][NH+]1N(c2ccc(Cl)nc2)C(O)=C2CCc3ccccc3N21. The first-order valence-electron chi connectivity index (χ1n) is 6.92. The van der Waals surface area contributed by atoms with Gasteiger partial charge in [0.05, 0.1) is 6.20 Å². The summed E-state index contributed by atoms with van der Waals surface area (Å²) in [6, 6.07) is 11.0. The second-order valence-electron chi connectivity index (χ2n) is 5.19. The summed E-state index contributed by atoms with van der Waals surface area (Å²) in [4.78, 5) is 3.97. The van der Waals surface area contributed by atoms with Crippen LogP contribution in [0.1, 0.15) is 12.0 Å². The van der Waals surface area contributed by atoms with Crippen molar-refractivity contribution >= 4 is 23.0 Å². The molecule has 4 rings (SSSR count). The van der Waals surface area contributed by atoms with E-state index >= 15 is 0 Å². The number of nitrogens with one attached hydrogen (secondary N) is 1. The number of hydrogen-bond acceptors (Lipinski definition) is 5. The van der Waals surface area contributed by atoms with Gasteiger partial charge in [-0.25, -0.2) is 4.98 Å². The highest BCUT2D eigenvalue weighted by Gasteiger charge is 2.41. The van der Waals surface area contributed by atoms with Gasteiger partial charge in [-0.15, -0.1) is 5.01 Å². The predicted octanol–water partition coefficient (Wildman–Crippen LogP) is 1.95. The number of aromatic nitrogens is 1. The normalized spacial score (nSPS) is 20.2. The molecule has 0 radical (unpaired) electrons. The Kier molecular flexibility index (Phi) is 2.97. The van der Waals surface area contributed by atoms with Gasteiger partial charge in [-0.1, -0.05) is 29.8 Å². The molecule has 2 aliphatic heterocycles. The van der Waals surface area contributed by atoms with Crippen LogP contribution < -0.4 is 15.3 Å². The van der Waals surface area contributed by atoms with Gasteiger partial charge in [-0.3, -0.25) is 0 Å². The number of allylic oxidation sites excluding steroid dienone is 1. The minimum absolute atomic E-state index is 0.0383. The average molecular weight is 317 g/mol. The predicted molar refractivity (Wildman–Crippen MR) is 83.0 cm³/mol. The number of quaternary nitrogens is 1. The van der Waals surface area contributed by atoms with Crippen molar-refractivity contribution in [3.05, 3.63) is 70.1 Å². The van der Waals surface area contributed by atoms with Crippen LogP contribution in [0.2, 0.25) is 5.15 Å². The first-order chi connectivity index (χ1) is 10.7. The van der Waals surface area contributed by atoms with Gasteiger partial charge in [0.2, 0.25) is 0 Å². The molecule has 0 bridgehead atoms. The summed E-state index contributed by atoms with van der Waals surface area (Å²) in [6.07, 6.45) is 2.89. The molecular weight excluding hydrogens is 304 g/mol. The van der Waals surface area contributed by atoms with E-state index in [-0.39, 0.29) is 11.2 Å². The summed E-state index contributed by atoms with van der Waals surface area (Å²) in [6.45, 7) is 0. The van der Waals surface area contributed by atoms with E-state index in [1.165, 1.54) is 11.2 Å². The Hall–Kier alpha value is -2.28. The van der Waals surface area contributed by atoms with Crippen LogP contribution in [0.25, 0.3) is 0 Å². The maximum absolute atomic E-state index is 12.8. The topological polar surface area (TPSA) is 67.1 Å². The maximum Gasteiger partial charge on any atom is 0.267 e. The molecule has 0 fully saturated rings. The highest BCUT2D eigenvalue weighted by Crippen LogP contribution is 2.35. The number of fused-ring (bicyclic) bond motifs is 3. The van der Waals surface area contributed by atoms with E-state index in [2.05, 4.69) is 4.98 Å². The molecule has 1 aromatic heterocycles. The van der Waals surface area contributed by atoms with E-state index < -0.39 is 0 Å². The first-order valence-corrected chi connectivity index (χ1v) is 7.30. The zero-order valence-corrected chi connectivity index (χ0v) is 12.3. The summed E-state index contributed by atoms with van der Waals surface area (Å²) in [5.41, 5.74) is 3.04. The Morgan fingerprint density at radius 1 is 1.14 bits per heavy atom. The Balaban J connectivity index is 1.80. The van der Waals surface area contributed by atoms with E-state index in [1.807, 2.05) is 24.3 Å². The van der Waals surface area contributed by atoms with Gasteiger partial charge in [-0.05, 0) is 30.2 Å². The number of para-hydroxylation sites is 1. The van der Waals surface area contributed by atoms with Crippen molar-refractivity contribution in [1.29, 1.82) is 0 Å². The number of aryl methyl sites for hydroxylation is 1. The molecule has 0 aliphatic carbocycles. The third-order valence-corrected chi connectivity index (χ3v) is 4.18. The van der Waals surface area contributed by atoms with Gasteiger partial charge in [0, 0.05) is 6.42 Å². The van der Waals surface area contributed by atoms with Gasteiger partial charge in [0.15, 0.2) is 0 Å². The molecule has 0 amide bonds. The van der Waals surface area contributed by atoms with Crippen molar-refractivity contribution in [2.75, 3.05) is 10.0 Å². The van der Waals surface area contributed by atoms with Crippen LogP contribution >= 0.6 is 11.6 Å². The zero-order chi connectivity index (χ0) is 15.3. The lowest BCUT2D eigenvalue weighted by atomic mass is 10.0. The molecule has 1 atom stereocenters. The summed E-state index contributed by atoms with van der Waals surface area (Å²) in [7, 11) is 0. The van der Waals surface area contributed by atoms with Crippen LogP contribution in [-0.4, -0.2) is 10.1 Å². The minimum atomic E-state index is -0.302. The fraction of sp³-hybridized carbons (Fsp3) is 0.133. The van der Waals surface area contributed by atoms with Crippen LogP contribution in [0.4, 0.5) is 11.4 Å². The van der Waals surface area contributed by atoms with Crippen molar-refractivity contribution in [3.8, 4) is 0 Å². The molecule has 2 aromatic rings. The largest absolute Gasteiger partial charge is 0.581 e. The number of pyridine rings is 1. The molecule has 2 aliphatic rings. The molecule has 0 saturated carbocycles. The number of aliphatic hydroxyl groups excluding tert-OH is 1. The molecule has 1 unspecified atom stereocenters. The monoisotopic (exact) mass is 316 g/mol.